The Hall–Kier alpha value is -2.11. The molecule has 0 radical (unpaired) electrons. The predicted octanol–water partition coefficient (Wildman–Crippen LogP) is 3.70. The second kappa shape index (κ2) is 6.79. The van der Waals surface area contributed by atoms with Gasteiger partial charge < -0.3 is 14.4 Å². The zero-order valence-electron chi connectivity index (χ0n) is 14.6. The Balaban J connectivity index is 2.09. The van der Waals surface area contributed by atoms with Crippen LogP contribution < -0.4 is 4.74 Å². The molecule has 2 rings (SSSR count). The van der Waals surface area contributed by atoms with Gasteiger partial charge in [0.2, 0.25) is 0 Å². The van der Waals surface area contributed by atoms with E-state index in [4.69, 9.17) is 9.47 Å². The number of hydrogen-bond acceptors (Lipinski definition) is 4. The van der Waals surface area contributed by atoms with Gasteiger partial charge in [-0.05, 0) is 38.5 Å². The molecule has 0 atom stereocenters. The van der Waals surface area contributed by atoms with Gasteiger partial charge in [-0.3, -0.25) is 4.79 Å². The number of methoxy groups -OCH3 is 1. The molecule has 5 nitrogen and oxygen atoms in total. The van der Waals surface area contributed by atoms with Gasteiger partial charge >= 0.3 is 6.09 Å². The summed E-state index contributed by atoms with van der Waals surface area (Å²) in [6.45, 7) is 5.96. The van der Waals surface area contributed by atoms with E-state index < -0.39 is 17.4 Å². The summed E-state index contributed by atoms with van der Waals surface area (Å²) in [6.07, 6.45) is 0.614. The van der Waals surface area contributed by atoms with E-state index in [0.29, 0.717) is 23.2 Å². The van der Waals surface area contributed by atoms with Crippen LogP contribution >= 0.6 is 0 Å². The third-order valence-corrected chi connectivity index (χ3v) is 4.09. The molecule has 0 bridgehead atoms. The van der Waals surface area contributed by atoms with Crippen molar-refractivity contribution >= 4 is 12.4 Å². The van der Waals surface area contributed by atoms with E-state index in [1.165, 1.54) is 12.0 Å². The summed E-state index contributed by atoms with van der Waals surface area (Å²) < 4.78 is 25.8. The molecule has 1 heterocycles. The van der Waals surface area contributed by atoms with Crippen molar-refractivity contribution in [3.05, 3.63) is 29.3 Å². The number of halogens is 1. The number of aldehydes is 1. The van der Waals surface area contributed by atoms with Gasteiger partial charge in [-0.2, -0.15) is 0 Å². The third kappa shape index (κ3) is 4.04. The largest absolute Gasteiger partial charge is 0.496 e. The third-order valence-electron chi connectivity index (χ3n) is 4.09. The maximum Gasteiger partial charge on any atom is 0.410 e. The molecular formula is C18H24FNO4. The number of amides is 1. The van der Waals surface area contributed by atoms with Crippen LogP contribution in [0, 0.1) is 0 Å². The number of carbonyl (C=O) groups excluding carboxylic acids is 2. The summed E-state index contributed by atoms with van der Waals surface area (Å²) >= 11 is 0. The summed E-state index contributed by atoms with van der Waals surface area (Å²) in [5.41, 5.74) is -1.27. The molecule has 1 fully saturated rings. The minimum atomic E-state index is -1.55. The van der Waals surface area contributed by atoms with Gasteiger partial charge in [0.1, 0.15) is 17.0 Å². The number of hydrogen-bond donors (Lipinski definition) is 0. The number of nitrogens with zero attached hydrogens (tertiary/aromatic N) is 1. The molecule has 0 N–H and O–H groups in total. The molecule has 0 saturated carbocycles. The van der Waals surface area contributed by atoms with Crippen molar-refractivity contribution in [2.24, 2.45) is 0 Å². The summed E-state index contributed by atoms with van der Waals surface area (Å²) in [5.74, 6) is 0.356. The number of carbonyl (C=O) groups is 2. The molecule has 1 aromatic carbocycles. The number of ether oxygens (including phenoxy) is 2. The highest BCUT2D eigenvalue weighted by Gasteiger charge is 2.39. The van der Waals surface area contributed by atoms with Crippen LogP contribution in [0.15, 0.2) is 18.2 Å². The molecule has 0 unspecified atom stereocenters. The molecule has 6 heteroatoms. The van der Waals surface area contributed by atoms with Crippen molar-refractivity contribution in [3.63, 3.8) is 0 Å². The Kier molecular flexibility index (Phi) is 5.16. The fourth-order valence-electron chi connectivity index (χ4n) is 2.75. The van der Waals surface area contributed by atoms with Crippen molar-refractivity contribution in [2.75, 3.05) is 20.2 Å². The van der Waals surface area contributed by atoms with E-state index in [9.17, 15) is 9.59 Å². The second-order valence-corrected chi connectivity index (χ2v) is 7.01. The minimum Gasteiger partial charge on any atom is -0.496 e. The molecule has 0 aromatic heterocycles. The van der Waals surface area contributed by atoms with Crippen molar-refractivity contribution < 1.29 is 23.5 Å². The molecule has 0 aliphatic carbocycles. The van der Waals surface area contributed by atoms with Crippen LogP contribution in [0.25, 0.3) is 0 Å². The monoisotopic (exact) mass is 337 g/mol. The number of likely N-dealkylation sites (tertiary alicyclic amines) is 1. The maximum atomic E-state index is 15.3. The van der Waals surface area contributed by atoms with Crippen molar-refractivity contribution in [1.29, 1.82) is 0 Å². The number of rotatable bonds is 3. The van der Waals surface area contributed by atoms with Crippen LogP contribution in [-0.4, -0.2) is 43.1 Å². The van der Waals surface area contributed by atoms with Crippen molar-refractivity contribution in [1.82, 2.24) is 4.90 Å². The first-order chi connectivity index (χ1) is 11.2. The second-order valence-electron chi connectivity index (χ2n) is 7.01. The van der Waals surface area contributed by atoms with Gasteiger partial charge in [0, 0.05) is 25.9 Å². The van der Waals surface area contributed by atoms with E-state index in [2.05, 4.69) is 0 Å². The lowest BCUT2D eigenvalue weighted by atomic mass is 9.85. The molecule has 1 aliphatic rings. The Morgan fingerprint density at radius 2 is 1.92 bits per heavy atom. The topological polar surface area (TPSA) is 55.8 Å². The fourth-order valence-corrected chi connectivity index (χ4v) is 2.75. The van der Waals surface area contributed by atoms with E-state index >= 15 is 4.39 Å². The fraction of sp³-hybridized carbons (Fsp3) is 0.556. The Bertz CT molecular complexity index is 616. The lowest BCUT2D eigenvalue weighted by Crippen LogP contribution is -2.45. The minimum absolute atomic E-state index is 0.176. The Morgan fingerprint density at radius 1 is 1.29 bits per heavy atom. The zero-order chi connectivity index (χ0) is 18.0. The number of benzene rings is 1. The first kappa shape index (κ1) is 18.2. The summed E-state index contributed by atoms with van der Waals surface area (Å²) in [5, 5.41) is 0. The van der Waals surface area contributed by atoms with Gasteiger partial charge in [0.25, 0.3) is 0 Å². The summed E-state index contributed by atoms with van der Waals surface area (Å²) in [4.78, 5) is 24.5. The zero-order valence-corrected chi connectivity index (χ0v) is 14.6. The lowest BCUT2D eigenvalue weighted by Gasteiger charge is -2.37. The molecular weight excluding hydrogens is 313 g/mol. The van der Waals surface area contributed by atoms with Crippen LogP contribution in [0.1, 0.15) is 49.5 Å². The van der Waals surface area contributed by atoms with E-state index in [-0.39, 0.29) is 25.9 Å². The number of alkyl halides is 1. The van der Waals surface area contributed by atoms with E-state index in [1.54, 1.807) is 39.0 Å². The molecule has 1 amide bonds. The van der Waals surface area contributed by atoms with Crippen LogP contribution in [0.5, 0.6) is 5.75 Å². The maximum absolute atomic E-state index is 15.3. The van der Waals surface area contributed by atoms with Crippen molar-refractivity contribution in [3.8, 4) is 5.75 Å². The molecule has 132 valence electrons. The van der Waals surface area contributed by atoms with E-state index in [0.717, 1.165) is 0 Å². The quantitative estimate of drug-likeness (QED) is 0.789. The normalized spacial score (nSPS) is 17.3. The van der Waals surface area contributed by atoms with Crippen LogP contribution in [0.3, 0.4) is 0 Å². The highest BCUT2D eigenvalue weighted by molar-refractivity contribution is 5.79. The first-order valence-electron chi connectivity index (χ1n) is 7.99. The Labute approximate surface area is 141 Å². The van der Waals surface area contributed by atoms with Gasteiger partial charge in [0.15, 0.2) is 6.29 Å². The molecule has 1 aromatic rings. The molecule has 1 saturated heterocycles. The number of piperidine rings is 1. The average Bonchev–Trinajstić information content (AvgIpc) is 2.53. The van der Waals surface area contributed by atoms with Gasteiger partial charge in [-0.1, -0.05) is 6.07 Å². The first-order valence-corrected chi connectivity index (χ1v) is 7.99. The standard InChI is InChI=1S/C18H24FNO4/c1-17(2,3)24-16(22)20-9-7-18(19,8-10-20)14-6-5-13(12-21)15(11-14)23-4/h5-6,11-12H,7-10H2,1-4H3. The van der Waals surface area contributed by atoms with Crippen LogP contribution in [-0.2, 0) is 10.4 Å². The van der Waals surface area contributed by atoms with Crippen molar-refractivity contribution in [2.45, 2.75) is 44.9 Å². The predicted molar refractivity (Wildman–Crippen MR) is 88.2 cm³/mol. The average molecular weight is 337 g/mol. The highest BCUT2D eigenvalue weighted by atomic mass is 19.1. The summed E-state index contributed by atoms with van der Waals surface area (Å²) in [6, 6.07) is 4.73. The SMILES string of the molecule is COc1cc(C2(F)CCN(C(=O)OC(C)(C)C)CC2)ccc1C=O. The highest BCUT2D eigenvalue weighted by Crippen LogP contribution is 2.39. The van der Waals surface area contributed by atoms with Gasteiger partial charge in [-0.25, -0.2) is 9.18 Å². The molecule has 0 spiro atoms. The smallest absolute Gasteiger partial charge is 0.410 e. The molecule has 24 heavy (non-hydrogen) atoms. The van der Waals surface area contributed by atoms with E-state index in [1.807, 2.05) is 0 Å². The van der Waals surface area contributed by atoms with Gasteiger partial charge in [0.05, 0.1) is 12.7 Å². The van der Waals surface area contributed by atoms with Crippen LogP contribution in [0.2, 0.25) is 0 Å². The lowest BCUT2D eigenvalue weighted by molar-refractivity contribution is 0.00214. The summed E-state index contributed by atoms with van der Waals surface area (Å²) in [7, 11) is 1.45. The van der Waals surface area contributed by atoms with Gasteiger partial charge in [-0.15, -0.1) is 0 Å². The Morgan fingerprint density at radius 3 is 2.42 bits per heavy atom. The van der Waals surface area contributed by atoms with Crippen LogP contribution in [0.4, 0.5) is 9.18 Å². The molecule has 1 aliphatic heterocycles.